The highest BCUT2D eigenvalue weighted by molar-refractivity contribution is 5.73. The fourth-order valence-electron chi connectivity index (χ4n) is 2.12. The molecule has 0 amide bonds. The molecule has 2 rings (SSSR count). The topological polar surface area (TPSA) is 21.3 Å². The van der Waals surface area contributed by atoms with Gasteiger partial charge in [0.25, 0.3) is 0 Å². The van der Waals surface area contributed by atoms with Crippen molar-refractivity contribution in [3.05, 3.63) is 35.5 Å². The Bertz CT molecular complexity index is 443. The first-order chi connectivity index (χ1) is 8.55. The minimum atomic E-state index is 0.188. The lowest BCUT2D eigenvalue weighted by Crippen LogP contribution is -2.39. The van der Waals surface area contributed by atoms with Gasteiger partial charge in [-0.3, -0.25) is 0 Å². The van der Waals surface area contributed by atoms with E-state index >= 15 is 0 Å². The Morgan fingerprint density at radius 3 is 2.28 bits per heavy atom. The number of allylic oxidation sites excluding steroid dienone is 2. The van der Waals surface area contributed by atoms with Gasteiger partial charge in [-0.2, -0.15) is 0 Å². The van der Waals surface area contributed by atoms with E-state index in [1.165, 1.54) is 29.7 Å². The minimum Gasteiger partial charge on any atom is -0.497 e. The van der Waals surface area contributed by atoms with Gasteiger partial charge in [-0.1, -0.05) is 19.1 Å². The Hall–Kier alpha value is -1.44. The fraction of sp³-hybridized carbons (Fsp3) is 0.500. The van der Waals surface area contributed by atoms with Crippen molar-refractivity contribution in [2.24, 2.45) is 0 Å². The van der Waals surface area contributed by atoms with Crippen molar-refractivity contribution in [2.45, 2.75) is 45.6 Å². The highest BCUT2D eigenvalue weighted by Gasteiger charge is 2.24. The molecule has 0 atom stereocenters. The first-order valence-corrected chi connectivity index (χ1v) is 6.70. The van der Waals surface area contributed by atoms with Gasteiger partial charge < -0.3 is 10.1 Å². The molecule has 98 valence electrons. The molecule has 1 aliphatic carbocycles. The van der Waals surface area contributed by atoms with Gasteiger partial charge in [0, 0.05) is 11.2 Å². The lowest BCUT2D eigenvalue weighted by atomic mass is 9.86. The van der Waals surface area contributed by atoms with Crippen LogP contribution in [-0.2, 0) is 0 Å². The monoisotopic (exact) mass is 245 g/mol. The first-order valence-electron chi connectivity index (χ1n) is 6.70. The van der Waals surface area contributed by atoms with E-state index in [2.05, 4.69) is 38.2 Å². The molecule has 0 unspecified atom stereocenters. The molecule has 0 heterocycles. The Labute approximate surface area is 110 Å². The molecule has 0 fully saturated rings. The number of nitrogens with one attached hydrogen (secondary N) is 1. The van der Waals surface area contributed by atoms with Crippen LogP contribution in [0, 0.1) is 0 Å². The van der Waals surface area contributed by atoms with Crippen LogP contribution in [0.3, 0.4) is 0 Å². The maximum absolute atomic E-state index is 5.19. The lowest BCUT2D eigenvalue weighted by molar-refractivity contribution is 0.402. The van der Waals surface area contributed by atoms with Crippen LogP contribution in [0.25, 0.3) is 5.57 Å². The minimum absolute atomic E-state index is 0.188. The second-order valence-electron chi connectivity index (χ2n) is 5.55. The van der Waals surface area contributed by atoms with Gasteiger partial charge in [-0.05, 0) is 56.4 Å². The Balaban J connectivity index is 2.17. The number of hydrogen-bond donors (Lipinski definition) is 1. The Kier molecular flexibility index (Phi) is 3.65. The van der Waals surface area contributed by atoms with E-state index in [1.807, 2.05) is 12.1 Å². The predicted molar refractivity (Wildman–Crippen MR) is 76.7 cm³/mol. The molecule has 0 aromatic heterocycles. The van der Waals surface area contributed by atoms with Crippen LogP contribution in [0.5, 0.6) is 5.75 Å². The molecule has 0 saturated heterocycles. The fourth-order valence-corrected chi connectivity index (χ4v) is 2.12. The summed E-state index contributed by atoms with van der Waals surface area (Å²) in [7, 11) is 1.70. The maximum Gasteiger partial charge on any atom is 0.118 e. The van der Waals surface area contributed by atoms with Crippen LogP contribution in [0.1, 0.15) is 45.6 Å². The molecular formula is C16H23NO. The van der Waals surface area contributed by atoms with Gasteiger partial charge >= 0.3 is 0 Å². The average molecular weight is 245 g/mol. The van der Waals surface area contributed by atoms with E-state index in [-0.39, 0.29) is 5.54 Å². The van der Waals surface area contributed by atoms with Gasteiger partial charge in [0.15, 0.2) is 0 Å². The molecule has 0 saturated carbocycles. The molecule has 18 heavy (non-hydrogen) atoms. The van der Waals surface area contributed by atoms with Crippen molar-refractivity contribution in [3.8, 4) is 5.75 Å². The van der Waals surface area contributed by atoms with Crippen molar-refractivity contribution >= 4 is 5.57 Å². The summed E-state index contributed by atoms with van der Waals surface area (Å²) in [5.74, 6) is 0.919. The Morgan fingerprint density at radius 1 is 1.17 bits per heavy atom. The van der Waals surface area contributed by atoms with E-state index in [1.54, 1.807) is 7.11 Å². The average Bonchev–Trinajstić information content (AvgIpc) is 2.36. The standard InChI is InChI=1S/C16H23NO/c1-5-16(2,3)17-15-11-10-14(15)12-6-8-13(18-4)9-7-12/h6-9,17H,5,10-11H2,1-4H3. The smallest absolute Gasteiger partial charge is 0.118 e. The second kappa shape index (κ2) is 5.05. The van der Waals surface area contributed by atoms with E-state index < -0.39 is 0 Å². The SMILES string of the molecule is CCC(C)(C)NC1=C(c2ccc(OC)cc2)CC1. The molecule has 0 bridgehead atoms. The molecule has 0 aliphatic heterocycles. The lowest BCUT2D eigenvalue weighted by Gasteiger charge is -2.34. The van der Waals surface area contributed by atoms with Gasteiger partial charge in [-0.15, -0.1) is 0 Å². The zero-order valence-corrected chi connectivity index (χ0v) is 11.8. The van der Waals surface area contributed by atoms with Crippen LogP contribution in [-0.4, -0.2) is 12.6 Å². The highest BCUT2D eigenvalue weighted by Crippen LogP contribution is 2.36. The van der Waals surface area contributed by atoms with Crippen LogP contribution in [0.2, 0.25) is 0 Å². The van der Waals surface area contributed by atoms with E-state index in [0.717, 1.165) is 12.2 Å². The number of hydrogen-bond acceptors (Lipinski definition) is 2. The molecular weight excluding hydrogens is 222 g/mol. The Morgan fingerprint density at radius 2 is 1.83 bits per heavy atom. The normalized spacial score (nSPS) is 15.3. The summed E-state index contributed by atoms with van der Waals surface area (Å²) in [6.45, 7) is 6.73. The number of methoxy groups -OCH3 is 1. The van der Waals surface area contributed by atoms with E-state index in [4.69, 9.17) is 4.74 Å². The summed E-state index contributed by atoms with van der Waals surface area (Å²) in [5, 5.41) is 3.67. The largest absolute Gasteiger partial charge is 0.497 e. The summed E-state index contributed by atoms with van der Waals surface area (Å²) in [4.78, 5) is 0. The van der Waals surface area contributed by atoms with Crippen molar-refractivity contribution in [1.82, 2.24) is 5.32 Å². The molecule has 1 N–H and O–H groups in total. The molecule has 1 aliphatic rings. The zero-order chi connectivity index (χ0) is 13.2. The van der Waals surface area contributed by atoms with Gasteiger partial charge in [-0.25, -0.2) is 0 Å². The number of rotatable bonds is 5. The van der Waals surface area contributed by atoms with Crippen LogP contribution in [0.4, 0.5) is 0 Å². The van der Waals surface area contributed by atoms with Gasteiger partial charge in [0.05, 0.1) is 7.11 Å². The molecule has 1 aromatic rings. The molecule has 2 heteroatoms. The first kappa shape index (κ1) is 13.0. The summed E-state index contributed by atoms with van der Waals surface area (Å²) in [5.41, 5.74) is 4.37. The van der Waals surface area contributed by atoms with Crippen molar-refractivity contribution in [2.75, 3.05) is 7.11 Å². The summed E-state index contributed by atoms with van der Waals surface area (Å²) < 4.78 is 5.19. The van der Waals surface area contributed by atoms with Crippen LogP contribution < -0.4 is 10.1 Å². The summed E-state index contributed by atoms with van der Waals surface area (Å²) >= 11 is 0. The summed E-state index contributed by atoms with van der Waals surface area (Å²) in [6, 6.07) is 8.36. The maximum atomic E-state index is 5.19. The molecule has 1 aromatic carbocycles. The zero-order valence-electron chi connectivity index (χ0n) is 11.8. The third-order valence-corrected chi connectivity index (χ3v) is 3.80. The van der Waals surface area contributed by atoms with Crippen LogP contribution in [0.15, 0.2) is 30.0 Å². The van der Waals surface area contributed by atoms with E-state index in [0.29, 0.717) is 0 Å². The van der Waals surface area contributed by atoms with Crippen molar-refractivity contribution in [3.63, 3.8) is 0 Å². The van der Waals surface area contributed by atoms with E-state index in [9.17, 15) is 0 Å². The van der Waals surface area contributed by atoms with Gasteiger partial charge in [0.1, 0.15) is 5.75 Å². The van der Waals surface area contributed by atoms with Gasteiger partial charge in [0.2, 0.25) is 0 Å². The van der Waals surface area contributed by atoms with Crippen molar-refractivity contribution in [1.29, 1.82) is 0 Å². The number of benzene rings is 1. The third kappa shape index (κ3) is 2.69. The molecule has 0 radical (unpaired) electrons. The number of ether oxygens (including phenoxy) is 1. The molecule has 0 spiro atoms. The summed E-state index contributed by atoms with van der Waals surface area (Å²) in [6.07, 6.45) is 3.48. The van der Waals surface area contributed by atoms with Crippen LogP contribution >= 0.6 is 0 Å². The quantitative estimate of drug-likeness (QED) is 0.847. The van der Waals surface area contributed by atoms with Crippen molar-refractivity contribution < 1.29 is 4.74 Å². The predicted octanol–water partition coefficient (Wildman–Crippen LogP) is 3.98. The second-order valence-corrected chi connectivity index (χ2v) is 5.55. The third-order valence-electron chi connectivity index (χ3n) is 3.80. The molecule has 2 nitrogen and oxygen atoms in total. The highest BCUT2D eigenvalue weighted by atomic mass is 16.5.